The number of carbonyl (C=O) groups is 2. The minimum absolute atomic E-state index is 0.187. The van der Waals surface area contributed by atoms with E-state index < -0.39 is 21.9 Å². The Kier molecular flexibility index (Phi) is 5.28. The standard InChI is InChI=1S/C10H5Cl4NO3/c11-4-1-2-6(5(12)3-4)15-9(16)7(13)8(14)10(17)18/h1-3H,(H,15,16)(H,17,18). The molecule has 1 aromatic rings. The van der Waals surface area contributed by atoms with Gasteiger partial charge < -0.3 is 10.4 Å². The van der Waals surface area contributed by atoms with Gasteiger partial charge in [0.15, 0.2) is 0 Å². The number of nitrogens with one attached hydrogen (secondary N) is 1. The Bertz CT molecular complexity index is 542. The normalized spacial score (nSPS) is 11.8. The van der Waals surface area contributed by atoms with Crippen LogP contribution < -0.4 is 5.32 Å². The summed E-state index contributed by atoms with van der Waals surface area (Å²) in [5.74, 6) is -2.38. The first kappa shape index (κ1) is 15.1. The van der Waals surface area contributed by atoms with Gasteiger partial charge in [-0.15, -0.1) is 0 Å². The molecule has 18 heavy (non-hydrogen) atoms. The van der Waals surface area contributed by atoms with Crippen molar-refractivity contribution in [2.75, 3.05) is 5.32 Å². The van der Waals surface area contributed by atoms with Crippen molar-refractivity contribution >= 4 is 64.0 Å². The van der Waals surface area contributed by atoms with Crippen LogP contribution in [0.15, 0.2) is 28.3 Å². The molecule has 0 aromatic heterocycles. The largest absolute Gasteiger partial charge is 0.477 e. The van der Waals surface area contributed by atoms with Crippen molar-refractivity contribution in [3.05, 3.63) is 38.3 Å². The van der Waals surface area contributed by atoms with Crippen LogP contribution in [0.2, 0.25) is 10.0 Å². The van der Waals surface area contributed by atoms with Gasteiger partial charge in [0.25, 0.3) is 5.91 Å². The van der Waals surface area contributed by atoms with Crippen molar-refractivity contribution in [1.82, 2.24) is 0 Å². The molecular formula is C10H5Cl4NO3. The molecule has 0 spiro atoms. The van der Waals surface area contributed by atoms with Crippen molar-refractivity contribution in [3.8, 4) is 0 Å². The number of anilines is 1. The van der Waals surface area contributed by atoms with Crippen LogP contribution in [0.5, 0.6) is 0 Å². The molecule has 0 saturated carbocycles. The van der Waals surface area contributed by atoms with Gasteiger partial charge in [0.05, 0.1) is 10.7 Å². The van der Waals surface area contributed by atoms with Crippen LogP contribution in [0.3, 0.4) is 0 Å². The third-order valence-corrected chi connectivity index (χ3v) is 3.11. The predicted octanol–water partition coefficient (Wildman–Crippen LogP) is 3.71. The van der Waals surface area contributed by atoms with E-state index in [2.05, 4.69) is 5.32 Å². The van der Waals surface area contributed by atoms with E-state index in [1.807, 2.05) is 0 Å². The Morgan fingerprint density at radius 2 is 1.72 bits per heavy atom. The summed E-state index contributed by atoms with van der Waals surface area (Å²) in [6.07, 6.45) is 0. The molecule has 0 aliphatic carbocycles. The Hall–Kier alpha value is -0.940. The number of carbonyl (C=O) groups excluding carboxylic acids is 1. The second-order valence-electron chi connectivity index (χ2n) is 3.01. The lowest BCUT2D eigenvalue weighted by Crippen LogP contribution is -2.14. The van der Waals surface area contributed by atoms with Crippen LogP contribution >= 0.6 is 46.4 Å². The number of carboxylic acid groups (broad SMARTS) is 1. The number of amides is 1. The zero-order chi connectivity index (χ0) is 13.9. The summed E-state index contributed by atoms with van der Waals surface area (Å²) in [6.45, 7) is 0. The maximum atomic E-state index is 11.6. The zero-order valence-electron chi connectivity index (χ0n) is 8.51. The van der Waals surface area contributed by atoms with Crippen molar-refractivity contribution in [2.45, 2.75) is 0 Å². The van der Waals surface area contributed by atoms with Gasteiger partial charge in [-0.1, -0.05) is 46.4 Å². The molecule has 8 heteroatoms. The minimum atomic E-state index is -1.50. The van der Waals surface area contributed by atoms with Crippen LogP contribution in [-0.2, 0) is 9.59 Å². The molecule has 0 fully saturated rings. The first-order valence-electron chi connectivity index (χ1n) is 4.38. The second-order valence-corrected chi connectivity index (χ2v) is 4.61. The average Bonchev–Trinajstić information content (AvgIpc) is 2.30. The first-order chi connectivity index (χ1) is 8.32. The molecule has 1 aromatic carbocycles. The lowest BCUT2D eigenvalue weighted by Gasteiger charge is -2.07. The van der Waals surface area contributed by atoms with Gasteiger partial charge in [-0.25, -0.2) is 4.79 Å². The summed E-state index contributed by atoms with van der Waals surface area (Å²) in [5, 5.41) is 10.0. The molecule has 0 unspecified atom stereocenters. The summed E-state index contributed by atoms with van der Waals surface area (Å²) in [5.41, 5.74) is 0.235. The molecule has 2 N–H and O–H groups in total. The van der Waals surface area contributed by atoms with Crippen molar-refractivity contribution in [1.29, 1.82) is 0 Å². The van der Waals surface area contributed by atoms with E-state index in [1.54, 1.807) is 0 Å². The number of carboxylic acids is 1. The van der Waals surface area contributed by atoms with Crippen LogP contribution in [0.1, 0.15) is 0 Å². The van der Waals surface area contributed by atoms with Crippen molar-refractivity contribution in [3.63, 3.8) is 0 Å². The van der Waals surface area contributed by atoms with Gasteiger partial charge in [0.1, 0.15) is 10.1 Å². The third-order valence-electron chi connectivity index (χ3n) is 1.76. The quantitative estimate of drug-likeness (QED) is 0.831. The van der Waals surface area contributed by atoms with Crippen LogP contribution in [0, 0.1) is 0 Å². The molecule has 0 aliphatic rings. The van der Waals surface area contributed by atoms with Crippen molar-refractivity contribution < 1.29 is 14.7 Å². The number of benzene rings is 1. The molecule has 0 saturated heterocycles. The summed E-state index contributed by atoms with van der Waals surface area (Å²) in [4.78, 5) is 22.1. The van der Waals surface area contributed by atoms with Gasteiger partial charge in [-0.05, 0) is 18.2 Å². The van der Waals surface area contributed by atoms with E-state index in [9.17, 15) is 9.59 Å². The number of rotatable bonds is 3. The maximum absolute atomic E-state index is 11.6. The van der Waals surface area contributed by atoms with E-state index in [-0.39, 0.29) is 10.7 Å². The molecule has 96 valence electrons. The van der Waals surface area contributed by atoms with Gasteiger partial charge in [-0.2, -0.15) is 0 Å². The maximum Gasteiger partial charge on any atom is 0.349 e. The van der Waals surface area contributed by atoms with E-state index in [0.29, 0.717) is 5.02 Å². The molecule has 1 amide bonds. The molecule has 0 atom stereocenters. The first-order valence-corrected chi connectivity index (χ1v) is 5.89. The molecule has 0 radical (unpaired) electrons. The Balaban J connectivity index is 2.95. The van der Waals surface area contributed by atoms with Crippen LogP contribution in [0.4, 0.5) is 5.69 Å². The Labute approximate surface area is 122 Å². The SMILES string of the molecule is O=C(O)C(Cl)=C(Cl)C(=O)Nc1ccc(Cl)cc1Cl. The fourth-order valence-electron chi connectivity index (χ4n) is 0.962. The number of hydrogen-bond acceptors (Lipinski definition) is 2. The van der Waals surface area contributed by atoms with Gasteiger partial charge in [-0.3, -0.25) is 4.79 Å². The average molecular weight is 329 g/mol. The fraction of sp³-hybridized carbons (Fsp3) is 0. The minimum Gasteiger partial charge on any atom is -0.477 e. The smallest absolute Gasteiger partial charge is 0.349 e. The molecule has 0 aliphatic heterocycles. The third kappa shape index (κ3) is 3.78. The van der Waals surface area contributed by atoms with Gasteiger partial charge in [0, 0.05) is 5.02 Å². The highest BCUT2D eigenvalue weighted by molar-refractivity contribution is 6.54. The summed E-state index contributed by atoms with van der Waals surface area (Å²) in [7, 11) is 0. The van der Waals surface area contributed by atoms with E-state index in [1.165, 1.54) is 18.2 Å². The molecule has 1 rings (SSSR count). The highest BCUT2D eigenvalue weighted by Crippen LogP contribution is 2.26. The Morgan fingerprint density at radius 1 is 1.11 bits per heavy atom. The topological polar surface area (TPSA) is 66.4 Å². The predicted molar refractivity (Wildman–Crippen MR) is 71.5 cm³/mol. The van der Waals surface area contributed by atoms with E-state index in [0.717, 1.165) is 0 Å². The monoisotopic (exact) mass is 327 g/mol. The van der Waals surface area contributed by atoms with E-state index >= 15 is 0 Å². The lowest BCUT2D eigenvalue weighted by molar-refractivity contribution is -0.132. The highest BCUT2D eigenvalue weighted by atomic mass is 35.5. The summed E-state index contributed by atoms with van der Waals surface area (Å²) < 4.78 is 0. The molecular weight excluding hydrogens is 324 g/mol. The molecule has 4 nitrogen and oxygen atoms in total. The van der Waals surface area contributed by atoms with Gasteiger partial charge in [0.2, 0.25) is 0 Å². The second kappa shape index (κ2) is 6.29. The summed E-state index contributed by atoms with van der Waals surface area (Å²) in [6, 6.07) is 4.36. The van der Waals surface area contributed by atoms with Crippen LogP contribution in [0.25, 0.3) is 0 Å². The zero-order valence-corrected chi connectivity index (χ0v) is 11.5. The van der Waals surface area contributed by atoms with Gasteiger partial charge >= 0.3 is 5.97 Å². The number of hydrogen-bond donors (Lipinski definition) is 2. The molecule has 0 bridgehead atoms. The summed E-state index contributed by atoms with van der Waals surface area (Å²) >= 11 is 22.3. The fourth-order valence-corrected chi connectivity index (χ4v) is 1.63. The molecule has 0 heterocycles. The van der Waals surface area contributed by atoms with Crippen LogP contribution in [-0.4, -0.2) is 17.0 Å². The van der Waals surface area contributed by atoms with E-state index in [4.69, 9.17) is 51.5 Å². The Morgan fingerprint density at radius 3 is 2.22 bits per heavy atom. The number of halogens is 4. The van der Waals surface area contributed by atoms with Crippen molar-refractivity contribution in [2.24, 2.45) is 0 Å². The number of aliphatic carboxylic acids is 1. The lowest BCUT2D eigenvalue weighted by atomic mass is 10.3. The highest BCUT2D eigenvalue weighted by Gasteiger charge is 2.18.